The van der Waals surface area contributed by atoms with Crippen molar-refractivity contribution in [2.75, 3.05) is 17.2 Å². The number of benzene rings is 1. The van der Waals surface area contributed by atoms with Crippen LogP contribution in [0.25, 0.3) is 0 Å². The third-order valence-electron chi connectivity index (χ3n) is 3.24. The molecule has 0 saturated heterocycles. The van der Waals surface area contributed by atoms with Gasteiger partial charge in [-0.2, -0.15) is 13.2 Å². The first-order valence-electron chi connectivity index (χ1n) is 7.56. The molecule has 2 aromatic rings. The molecular weight excluding hydrogens is 357 g/mol. The molecule has 0 aliphatic heterocycles. The van der Waals surface area contributed by atoms with Crippen LogP contribution in [0.2, 0.25) is 5.02 Å². The Balaban J connectivity index is 2.19. The number of rotatable bonds is 6. The van der Waals surface area contributed by atoms with E-state index in [0.29, 0.717) is 6.54 Å². The summed E-state index contributed by atoms with van der Waals surface area (Å²) in [7, 11) is 0. The highest BCUT2D eigenvalue weighted by molar-refractivity contribution is 6.30. The predicted molar refractivity (Wildman–Crippen MR) is 89.8 cm³/mol. The topological polar surface area (TPSA) is 66.9 Å². The van der Waals surface area contributed by atoms with Gasteiger partial charge in [-0.3, -0.25) is 4.79 Å². The van der Waals surface area contributed by atoms with E-state index in [2.05, 4.69) is 20.6 Å². The number of alkyl halides is 3. The lowest BCUT2D eigenvalue weighted by Gasteiger charge is -2.14. The minimum absolute atomic E-state index is 0.0444. The SMILES string of the molecule is CCCCNc1nccc(C(=O)Nc2ccc(Cl)cc2C(F)(F)F)n1. The number of nitrogens with zero attached hydrogens (tertiary/aromatic N) is 2. The molecule has 0 aliphatic rings. The molecule has 25 heavy (non-hydrogen) atoms. The van der Waals surface area contributed by atoms with E-state index in [4.69, 9.17) is 11.6 Å². The Labute approximate surface area is 147 Å². The lowest BCUT2D eigenvalue weighted by molar-refractivity contribution is -0.136. The van der Waals surface area contributed by atoms with Crippen molar-refractivity contribution in [3.8, 4) is 0 Å². The standard InChI is InChI=1S/C16H16ClF3N4O/c1-2-3-7-21-15-22-8-6-13(24-15)14(25)23-12-5-4-10(17)9-11(12)16(18,19)20/h4-6,8-9H,2-3,7H2,1H3,(H,23,25)(H,21,22,24). The summed E-state index contributed by atoms with van der Waals surface area (Å²) in [6, 6.07) is 4.45. The van der Waals surface area contributed by atoms with Crippen LogP contribution in [0.3, 0.4) is 0 Å². The normalized spacial score (nSPS) is 11.2. The van der Waals surface area contributed by atoms with Gasteiger partial charge in [0.05, 0.1) is 11.3 Å². The molecule has 0 fully saturated rings. The van der Waals surface area contributed by atoms with Crippen LogP contribution in [-0.4, -0.2) is 22.4 Å². The van der Waals surface area contributed by atoms with Gasteiger partial charge in [0.15, 0.2) is 0 Å². The zero-order valence-corrected chi connectivity index (χ0v) is 14.1. The molecule has 2 rings (SSSR count). The van der Waals surface area contributed by atoms with Crippen molar-refractivity contribution in [2.45, 2.75) is 25.9 Å². The smallest absolute Gasteiger partial charge is 0.354 e. The van der Waals surface area contributed by atoms with Crippen LogP contribution in [0, 0.1) is 0 Å². The summed E-state index contributed by atoms with van der Waals surface area (Å²) in [6.07, 6.45) is -1.40. The number of unbranched alkanes of at least 4 members (excludes halogenated alkanes) is 1. The van der Waals surface area contributed by atoms with Gasteiger partial charge in [-0.05, 0) is 30.7 Å². The second-order valence-electron chi connectivity index (χ2n) is 5.19. The highest BCUT2D eigenvalue weighted by atomic mass is 35.5. The molecular formula is C16H16ClF3N4O. The molecule has 0 unspecified atom stereocenters. The summed E-state index contributed by atoms with van der Waals surface area (Å²) in [6.45, 7) is 2.66. The quantitative estimate of drug-likeness (QED) is 0.726. The fraction of sp³-hybridized carbons (Fsp3) is 0.312. The Kier molecular flexibility index (Phi) is 6.19. The number of nitrogens with one attached hydrogen (secondary N) is 2. The van der Waals surface area contributed by atoms with Gasteiger partial charge in [0.25, 0.3) is 5.91 Å². The van der Waals surface area contributed by atoms with Crippen molar-refractivity contribution in [2.24, 2.45) is 0 Å². The number of carbonyl (C=O) groups is 1. The molecule has 0 aliphatic carbocycles. The summed E-state index contributed by atoms with van der Waals surface area (Å²) < 4.78 is 39.2. The molecule has 0 saturated carbocycles. The van der Waals surface area contributed by atoms with E-state index in [0.717, 1.165) is 25.0 Å². The minimum atomic E-state index is -4.65. The number of halogens is 4. The van der Waals surface area contributed by atoms with Crippen molar-refractivity contribution < 1.29 is 18.0 Å². The monoisotopic (exact) mass is 372 g/mol. The lowest BCUT2D eigenvalue weighted by atomic mass is 10.1. The highest BCUT2D eigenvalue weighted by Crippen LogP contribution is 2.36. The Morgan fingerprint density at radius 2 is 2.04 bits per heavy atom. The fourth-order valence-corrected chi connectivity index (χ4v) is 2.17. The van der Waals surface area contributed by atoms with Gasteiger partial charge >= 0.3 is 6.18 Å². The van der Waals surface area contributed by atoms with E-state index in [-0.39, 0.29) is 22.4 Å². The Bertz CT molecular complexity index is 752. The maximum Gasteiger partial charge on any atom is 0.418 e. The second kappa shape index (κ2) is 8.15. The van der Waals surface area contributed by atoms with Crippen LogP contribution in [-0.2, 0) is 6.18 Å². The zero-order chi connectivity index (χ0) is 18.4. The molecule has 1 amide bonds. The Hall–Kier alpha value is -2.35. The van der Waals surface area contributed by atoms with Crippen LogP contribution in [0.5, 0.6) is 0 Å². The number of hydrogen-bond acceptors (Lipinski definition) is 4. The van der Waals surface area contributed by atoms with E-state index >= 15 is 0 Å². The van der Waals surface area contributed by atoms with Gasteiger partial charge < -0.3 is 10.6 Å². The third-order valence-corrected chi connectivity index (χ3v) is 3.47. The van der Waals surface area contributed by atoms with E-state index in [1.807, 2.05) is 6.92 Å². The van der Waals surface area contributed by atoms with E-state index in [1.165, 1.54) is 18.3 Å². The molecule has 9 heteroatoms. The summed E-state index contributed by atoms with van der Waals surface area (Å²) in [5, 5.41) is 5.09. The van der Waals surface area contributed by atoms with Crippen molar-refractivity contribution in [3.63, 3.8) is 0 Å². The average molecular weight is 373 g/mol. The second-order valence-corrected chi connectivity index (χ2v) is 5.62. The average Bonchev–Trinajstić information content (AvgIpc) is 2.56. The van der Waals surface area contributed by atoms with Crippen molar-refractivity contribution >= 4 is 29.1 Å². The summed E-state index contributed by atoms with van der Waals surface area (Å²) in [5.74, 6) is -0.526. The number of amides is 1. The maximum absolute atomic E-state index is 13.1. The van der Waals surface area contributed by atoms with Gasteiger partial charge in [0.2, 0.25) is 5.95 Å². The molecule has 2 N–H and O–H groups in total. The van der Waals surface area contributed by atoms with Crippen molar-refractivity contribution in [3.05, 3.63) is 46.7 Å². The first kappa shape index (κ1) is 19.0. The van der Waals surface area contributed by atoms with Crippen LogP contribution < -0.4 is 10.6 Å². The van der Waals surface area contributed by atoms with Gasteiger partial charge in [0, 0.05) is 17.8 Å². The third kappa shape index (κ3) is 5.32. The van der Waals surface area contributed by atoms with Crippen molar-refractivity contribution in [1.82, 2.24) is 9.97 Å². The van der Waals surface area contributed by atoms with Gasteiger partial charge in [-0.25, -0.2) is 9.97 Å². The Morgan fingerprint density at radius 3 is 2.72 bits per heavy atom. The number of aromatic nitrogens is 2. The molecule has 0 spiro atoms. The molecule has 1 aromatic heterocycles. The molecule has 1 aromatic carbocycles. The lowest BCUT2D eigenvalue weighted by Crippen LogP contribution is -2.18. The summed E-state index contributed by atoms with van der Waals surface area (Å²) in [4.78, 5) is 20.2. The molecule has 0 atom stereocenters. The largest absolute Gasteiger partial charge is 0.418 e. The molecule has 134 valence electrons. The van der Waals surface area contributed by atoms with Crippen LogP contribution in [0.15, 0.2) is 30.5 Å². The Morgan fingerprint density at radius 1 is 1.28 bits per heavy atom. The maximum atomic E-state index is 13.1. The molecule has 0 radical (unpaired) electrons. The molecule has 1 heterocycles. The van der Waals surface area contributed by atoms with Crippen LogP contribution >= 0.6 is 11.6 Å². The van der Waals surface area contributed by atoms with Crippen LogP contribution in [0.1, 0.15) is 35.8 Å². The number of hydrogen-bond donors (Lipinski definition) is 2. The van der Waals surface area contributed by atoms with Gasteiger partial charge in [0.1, 0.15) is 5.69 Å². The first-order chi connectivity index (χ1) is 11.8. The summed E-state index contributed by atoms with van der Waals surface area (Å²) in [5.41, 5.74) is -1.46. The van der Waals surface area contributed by atoms with E-state index in [9.17, 15) is 18.0 Å². The van der Waals surface area contributed by atoms with Crippen molar-refractivity contribution in [1.29, 1.82) is 0 Å². The van der Waals surface area contributed by atoms with E-state index in [1.54, 1.807) is 0 Å². The fourth-order valence-electron chi connectivity index (χ4n) is 1.99. The molecule has 0 bridgehead atoms. The van der Waals surface area contributed by atoms with Gasteiger partial charge in [-0.1, -0.05) is 24.9 Å². The summed E-state index contributed by atoms with van der Waals surface area (Å²) >= 11 is 5.62. The minimum Gasteiger partial charge on any atom is -0.354 e. The van der Waals surface area contributed by atoms with Gasteiger partial charge in [-0.15, -0.1) is 0 Å². The molecule has 5 nitrogen and oxygen atoms in total. The number of carbonyl (C=O) groups excluding carboxylic acids is 1. The zero-order valence-electron chi connectivity index (χ0n) is 13.3. The predicted octanol–water partition coefficient (Wildman–Crippen LogP) is 4.61. The highest BCUT2D eigenvalue weighted by Gasteiger charge is 2.34. The number of anilines is 2. The van der Waals surface area contributed by atoms with E-state index < -0.39 is 17.6 Å². The first-order valence-corrected chi connectivity index (χ1v) is 7.94. The van der Waals surface area contributed by atoms with Crippen LogP contribution in [0.4, 0.5) is 24.8 Å².